The van der Waals surface area contributed by atoms with Crippen molar-refractivity contribution in [2.45, 2.75) is 25.4 Å². The maximum atomic E-state index is 7.52. The Balaban J connectivity index is 0.000000172. The Hall–Kier alpha value is -2.05. The third-order valence-corrected chi connectivity index (χ3v) is 5.04. The number of nitrogen functional groups attached to an aromatic ring is 1. The second-order valence-electron chi connectivity index (χ2n) is 5.78. The Morgan fingerprint density at radius 3 is 2.96 bits per heavy atom. The van der Waals surface area contributed by atoms with E-state index in [9.17, 15) is 0 Å². The molecule has 122 valence electrons. The number of nitrogens with one attached hydrogen (secondary N) is 1. The fraction of sp³-hybridized carbons (Fsp3) is 0.353. The van der Waals surface area contributed by atoms with Gasteiger partial charge in [-0.25, -0.2) is 4.98 Å². The molecule has 0 spiro atoms. The van der Waals surface area contributed by atoms with Gasteiger partial charge in [0.1, 0.15) is 0 Å². The minimum Gasteiger partial charge on any atom is -0.375 e. The molecule has 1 aliphatic heterocycles. The molecule has 2 atom stereocenters. The first-order valence-electron chi connectivity index (χ1n) is 7.51. The molecule has 0 saturated heterocycles. The van der Waals surface area contributed by atoms with Gasteiger partial charge in [-0.05, 0) is 43.9 Å². The monoisotopic (exact) mass is 330 g/mol. The second-order valence-corrected chi connectivity index (χ2v) is 6.84. The summed E-state index contributed by atoms with van der Waals surface area (Å²) in [6.45, 7) is 1.76. The Bertz CT molecular complexity index is 768. The van der Waals surface area contributed by atoms with Gasteiger partial charge < -0.3 is 15.9 Å². The number of benzene rings is 1. The molecule has 0 bridgehead atoms. The van der Waals surface area contributed by atoms with E-state index in [2.05, 4.69) is 9.98 Å². The molecule has 1 unspecified atom stereocenters. The van der Waals surface area contributed by atoms with Gasteiger partial charge in [-0.1, -0.05) is 23.5 Å². The van der Waals surface area contributed by atoms with Gasteiger partial charge in [0.15, 0.2) is 5.13 Å². The summed E-state index contributed by atoms with van der Waals surface area (Å²) < 4.78 is 6.61. The molecular weight excluding hydrogens is 308 g/mol. The molecule has 2 aromatic rings. The zero-order valence-electron chi connectivity index (χ0n) is 13.2. The summed E-state index contributed by atoms with van der Waals surface area (Å²) in [5, 5.41) is 8.16. The summed E-state index contributed by atoms with van der Waals surface area (Å²) >= 11 is 1.52. The topological polar surface area (TPSA) is 84.3 Å². The number of aliphatic imine (C=N–C) groups is 1. The predicted octanol–water partition coefficient (Wildman–Crippen LogP) is 3.91. The standard InChI is InChI=1S/C10H14N2O.C7H6N2S.H2/c1-7(11)9-6-10(13-2)5-8(10)3-4-12-9;8-7-9-5-3-1-2-4-6(5)10-7;/h4,6,8,11H,3,5H2,1-2H3;1-4H,(H2,8,9);1H/t8?,10-;;/m1../s1. The first-order chi connectivity index (χ1) is 11.0. The number of hydrogen-bond acceptors (Lipinski definition) is 6. The summed E-state index contributed by atoms with van der Waals surface area (Å²) in [4.78, 5) is 8.34. The molecule has 2 aliphatic rings. The van der Waals surface area contributed by atoms with Gasteiger partial charge in [0.2, 0.25) is 0 Å². The number of nitrogens with zero attached hydrogens (tertiary/aromatic N) is 2. The van der Waals surface area contributed by atoms with E-state index < -0.39 is 0 Å². The summed E-state index contributed by atoms with van der Waals surface area (Å²) in [6, 6.07) is 7.92. The zero-order chi connectivity index (χ0) is 16.4. The number of methoxy groups -OCH3 is 1. The highest BCUT2D eigenvalue weighted by Crippen LogP contribution is 2.51. The highest BCUT2D eigenvalue weighted by atomic mass is 32.1. The van der Waals surface area contributed by atoms with Crippen LogP contribution in [0.2, 0.25) is 0 Å². The highest BCUT2D eigenvalue weighted by Gasteiger charge is 2.53. The number of thiazole rings is 1. The van der Waals surface area contributed by atoms with Crippen molar-refractivity contribution in [1.29, 1.82) is 5.41 Å². The predicted molar refractivity (Wildman–Crippen MR) is 98.6 cm³/mol. The van der Waals surface area contributed by atoms with Crippen LogP contribution >= 0.6 is 11.3 Å². The molecule has 4 rings (SSSR count). The largest absolute Gasteiger partial charge is 0.375 e. The third kappa shape index (κ3) is 3.33. The summed E-state index contributed by atoms with van der Waals surface area (Å²) in [7, 11) is 1.73. The Labute approximate surface area is 140 Å². The SMILES string of the molecule is CO[C@]12C=C(C(C)=N)N=CCC1C2.Nc1nc2ccccc2s1.[HH]. The molecule has 0 radical (unpaired) electrons. The first kappa shape index (κ1) is 15.8. The molecule has 5 nitrogen and oxygen atoms in total. The molecule has 1 saturated carbocycles. The van der Waals surface area contributed by atoms with Crippen molar-refractivity contribution in [1.82, 2.24) is 4.98 Å². The lowest BCUT2D eigenvalue weighted by Gasteiger charge is -2.09. The van der Waals surface area contributed by atoms with E-state index in [0.717, 1.165) is 28.8 Å². The maximum absolute atomic E-state index is 7.52. The molecule has 0 amide bonds. The van der Waals surface area contributed by atoms with Gasteiger partial charge in [-0.15, -0.1) is 0 Å². The fourth-order valence-electron chi connectivity index (χ4n) is 2.74. The minimum absolute atomic E-state index is 0. The normalized spacial score (nSPS) is 25.0. The number of anilines is 1. The molecule has 2 heterocycles. The van der Waals surface area contributed by atoms with Crippen LogP contribution in [0.1, 0.15) is 21.2 Å². The quantitative estimate of drug-likeness (QED) is 0.819. The highest BCUT2D eigenvalue weighted by molar-refractivity contribution is 7.22. The van der Waals surface area contributed by atoms with Gasteiger partial charge in [0.25, 0.3) is 0 Å². The number of nitrogens with two attached hydrogens (primary N) is 1. The zero-order valence-corrected chi connectivity index (χ0v) is 14.1. The van der Waals surface area contributed by atoms with Crippen molar-refractivity contribution in [2.24, 2.45) is 10.9 Å². The molecule has 1 aliphatic carbocycles. The van der Waals surface area contributed by atoms with Crippen LogP contribution in [-0.2, 0) is 4.74 Å². The van der Waals surface area contributed by atoms with Crippen molar-refractivity contribution in [3.63, 3.8) is 0 Å². The lowest BCUT2D eigenvalue weighted by atomic mass is 10.1. The summed E-state index contributed by atoms with van der Waals surface area (Å²) in [5.41, 5.74) is 7.67. The van der Waals surface area contributed by atoms with Crippen LogP contribution in [0.25, 0.3) is 10.2 Å². The lowest BCUT2D eigenvalue weighted by Crippen LogP contribution is -2.12. The minimum atomic E-state index is -0.103. The van der Waals surface area contributed by atoms with Crippen LogP contribution < -0.4 is 5.73 Å². The number of para-hydroxylation sites is 1. The average Bonchev–Trinajstić information content (AvgIpc) is 3.11. The second kappa shape index (κ2) is 6.22. The summed E-state index contributed by atoms with van der Waals surface area (Å²) in [5.74, 6) is 0.582. The molecule has 1 fully saturated rings. The maximum Gasteiger partial charge on any atom is 0.181 e. The molecular formula is C17H22N4OS. The molecule has 6 heteroatoms. The van der Waals surface area contributed by atoms with E-state index in [1.54, 1.807) is 14.0 Å². The van der Waals surface area contributed by atoms with Crippen LogP contribution in [0.3, 0.4) is 0 Å². The summed E-state index contributed by atoms with van der Waals surface area (Å²) in [6.07, 6.45) is 5.96. The molecule has 3 N–H and O–H groups in total. The number of fused-ring (bicyclic) bond motifs is 2. The molecule has 1 aromatic heterocycles. The lowest BCUT2D eigenvalue weighted by molar-refractivity contribution is 0.107. The number of rotatable bonds is 2. The van der Waals surface area contributed by atoms with E-state index in [-0.39, 0.29) is 7.03 Å². The molecule has 23 heavy (non-hydrogen) atoms. The van der Waals surface area contributed by atoms with Crippen LogP contribution in [-0.4, -0.2) is 29.6 Å². The number of ether oxygens (including phenoxy) is 1. The molecule has 1 aromatic carbocycles. The Morgan fingerprint density at radius 2 is 2.26 bits per heavy atom. The van der Waals surface area contributed by atoms with Gasteiger partial charge in [-0.3, -0.25) is 4.99 Å². The van der Waals surface area contributed by atoms with Crippen LogP contribution in [0.15, 0.2) is 41.0 Å². The van der Waals surface area contributed by atoms with Crippen LogP contribution in [0, 0.1) is 11.3 Å². The third-order valence-electron chi connectivity index (χ3n) is 4.17. The van der Waals surface area contributed by atoms with Crippen molar-refractivity contribution in [2.75, 3.05) is 12.8 Å². The fourth-order valence-corrected chi connectivity index (χ4v) is 3.47. The number of aromatic nitrogens is 1. The van der Waals surface area contributed by atoms with E-state index >= 15 is 0 Å². The Morgan fingerprint density at radius 1 is 1.48 bits per heavy atom. The van der Waals surface area contributed by atoms with E-state index in [1.807, 2.05) is 36.6 Å². The van der Waals surface area contributed by atoms with Crippen molar-refractivity contribution >= 4 is 38.6 Å². The number of allylic oxidation sites excluding steroid dienone is 1. The number of hydrogen-bond donors (Lipinski definition) is 2. The van der Waals surface area contributed by atoms with Crippen molar-refractivity contribution in [3.05, 3.63) is 36.0 Å². The van der Waals surface area contributed by atoms with Crippen molar-refractivity contribution in [3.8, 4) is 0 Å². The van der Waals surface area contributed by atoms with Gasteiger partial charge >= 0.3 is 0 Å². The van der Waals surface area contributed by atoms with E-state index in [4.69, 9.17) is 15.9 Å². The van der Waals surface area contributed by atoms with E-state index in [1.165, 1.54) is 11.3 Å². The van der Waals surface area contributed by atoms with Gasteiger partial charge in [0.05, 0.1) is 27.2 Å². The van der Waals surface area contributed by atoms with Gasteiger partial charge in [0, 0.05) is 14.8 Å². The smallest absolute Gasteiger partial charge is 0.181 e. The van der Waals surface area contributed by atoms with Gasteiger partial charge in [-0.2, -0.15) is 0 Å². The van der Waals surface area contributed by atoms with Crippen LogP contribution in [0.5, 0.6) is 0 Å². The van der Waals surface area contributed by atoms with E-state index in [0.29, 0.717) is 16.8 Å². The Kier molecular flexibility index (Phi) is 4.28. The van der Waals surface area contributed by atoms with Crippen molar-refractivity contribution < 1.29 is 6.16 Å². The van der Waals surface area contributed by atoms with Crippen LogP contribution in [0.4, 0.5) is 5.13 Å². The average molecular weight is 330 g/mol. The first-order valence-corrected chi connectivity index (χ1v) is 8.33.